The smallest absolute Gasteiger partial charge is 0.247 e. The Morgan fingerprint density at radius 2 is 1.41 bits per heavy atom. The van der Waals surface area contributed by atoms with Crippen LogP contribution in [0.25, 0.3) is 11.0 Å². The minimum atomic E-state index is -0.0532. The number of hydrogen-bond donors (Lipinski definition) is 1. The lowest BCUT2D eigenvalue weighted by atomic mass is 10.3. The fourth-order valence-corrected chi connectivity index (χ4v) is 1.29. The molecule has 0 saturated heterocycles. The van der Waals surface area contributed by atoms with E-state index in [9.17, 15) is 4.79 Å². The van der Waals surface area contributed by atoms with E-state index in [0.717, 1.165) is 11.0 Å². The van der Waals surface area contributed by atoms with Crippen LogP contribution >= 0.6 is 0 Å². The van der Waals surface area contributed by atoms with E-state index in [1.54, 1.807) is 30.7 Å². The fourth-order valence-electron chi connectivity index (χ4n) is 1.29. The molecule has 3 rings (SSSR count). The topological polar surface area (TPSA) is 58.6 Å². The van der Waals surface area contributed by atoms with Gasteiger partial charge in [0.25, 0.3) is 0 Å². The molecule has 0 unspecified atom stereocenters. The van der Waals surface area contributed by atoms with Gasteiger partial charge in [0, 0.05) is 24.7 Å². The van der Waals surface area contributed by atoms with Gasteiger partial charge in [-0.1, -0.05) is 18.2 Å². The standard InChI is InChI=1S/C8H6N2.C5H5NO/c1-2-4-8-7(3-1)9-5-6-10-8;7-5-3-1-2-4-6-5/h1-6H;1-4H,(H,6,7). The maximum absolute atomic E-state index is 10.2. The van der Waals surface area contributed by atoms with Gasteiger partial charge in [-0.15, -0.1) is 0 Å². The Morgan fingerprint density at radius 1 is 0.824 bits per heavy atom. The molecule has 2 heterocycles. The first-order valence-corrected chi connectivity index (χ1v) is 5.16. The van der Waals surface area contributed by atoms with Crippen LogP contribution in [-0.4, -0.2) is 15.0 Å². The summed E-state index contributed by atoms with van der Waals surface area (Å²) in [4.78, 5) is 20.9. The number of rotatable bonds is 0. The molecule has 0 atom stereocenters. The maximum atomic E-state index is 10.2. The summed E-state index contributed by atoms with van der Waals surface area (Å²) in [5.41, 5.74) is 1.84. The summed E-state index contributed by atoms with van der Waals surface area (Å²) >= 11 is 0. The summed E-state index contributed by atoms with van der Waals surface area (Å²) in [6.07, 6.45) is 4.99. The van der Waals surface area contributed by atoms with E-state index in [1.807, 2.05) is 24.3 Å². The lowest BCUT2D eigenvalue weighted by Crippen LogP contribution is -1.98. The first-order valence-electron chi connectivity index (χ1n) is 5.16. The van der Waals surface area contributed by atoms with Crippen molar-refractivity contribution in [3.05, 3.63) is 71.4 Å². The van der Waals surface area contributed by atoms with Gasteiger partial charge in [-0.25, -0.2) is 0 Å². The molecule has 0 saturated carbocycles. The Balaban J connectivity index is 0.000000136. The van der Waals surface area contributed by atoms with Gasteiger partial charge < -0.3 is 4.98 Å². The highest BCUT2D eigenvalue weighted by atomic mass is 16.1. The molecule has 0 spiro atoms. The van der Waals surface area contributed by atoms with Gasteiger partial charge in [0.15, 0.2) is 0 Å². The minimum absolute atomic E-state index is 0.0532. The molecule has 0 fully saturated rings. The molecule has 3 aromatic rings. The predicted octanol–water partition coefficient (Wildman–Crippen LogP) is 2.00. The van der Waals surface area contributed by atoms with Crippen molar-refractivity contribution in [2.24, 2.45) is 0 Å². The molecule has 0 amide bonds. The van der Waals surface area contributed by atoms with Crippen molar-refractivity contribution < 1.29 is 0 Å². The van der Waals surface area contributed by atoms with Crippen molar-refractivity contribution >= 4 is 11.0 Å². The molecule has 1 N–H and O–H groups in total. The SMILES string of the molecule is O=c1cccc[nH]1.c1ccc2nccnc2c1. The zero-order chi connectivity index (χ0) is 11.9. The van der Waals surface area contributed by atoms with E-state index in [4.69, 9.17) is 0 Å². The molecule has 4 heteroatoms. The average molecular weight is 225 g/mol. The second-order valence-corrected chi connectivity index (χ2v) is 3.27. The molecule has 17 heavy (non-hydrogen) atoms. The third kappa shape index (κ3) is 3.24. The van der Waals surface area contributed by atoms with Crippen molar-refractivity contribution in [2.75, 3.05) is 0 Å². The maximum Gasteiger partial charge on any atom is 0.247 e. The third-order valence-electron chi connectivity index (χ3n) is 2.06. The largest absolute Gasteiger partial charge is 0.329 e. The number of nitrogens with zero attached hydrogens (tertiary/aromatic N) is 2. The van der Waals surface area contributed by atoms with Crippen LogP contribution in [0, 0.1) is 0 Å². The Bertz CT molecular complexity index is 566. The second-order valence-electron chi connectivity index (χ2n) is 3.27. The van der Waals surface area contributed by atoms with E-state index in [1.165, 1.54) is 6.07 Å². The van der Waals surface area contributed by atoms with Crippen LogP contribution in [0.3, 0.4) is 0 Å². The van der Waals surface area contributed by atoms with Crippen LogP contribution in [0.5, 0.6) is 0 Å². The summed E-state index contributed by atoms with van der Waals surface area (Å²) in [6.45, 7) is 0. The quantitative estimate of drug-likeness (QED) is 0.636. The predicted molar refractivity (Wildman–Crippen MR) is 66.6 cm³/mol. The lowest BCUT2D eigenvalue weighted by molar-refractivity contribution is 1.24. The highest BCUT2D eigenvalue weighted by Gasteiger charge is 1.88. The van der Waals surface area contributed by atoms with Crippen LogP contribution in [0.1, 0.15) is 0 Å². The molecule has 0 bridgehead atoms. The molecule has 4 nitrogen and oxygen atoms in total. The highest BCUT2D eigenvalue weighted by molar-refractivity contribution is 5.72. The highest BCUT2D eigenvalue weighted by Crippen LogP contribution is 2.04. The number of fused-ring (bicyclic) bond motifs is 1. The van der Waals surface area contributed by atoms with Crippen molar-refractivity contribution in [3.8, 4) is 0 Å². The van der Waals surface area contributed by atoms with Crippen LogP contribution in [0.15, 0.2) is 65.8 Å². The van der Waals surface area contributed by atoms with E-state index >= 15 is 0 Å². The van der Waals surface area contributed by atoms with Crippen molar-refractivity contribution in [1.29, 1.82) is 0 Å². The number of H-pyrrole nitrogens is 1. The Morgan fingerprint density at radius 3 is 1.82 bits per heavy atom. The molecule has 0 radical (unpaired) electrons. The summed E-state index contributed by atoms with van der Waals surface area (Å²) in [5, 5.41) is 0. The monoisotopic (exact) mass is 225 g/mol. The first kappa shape index (κ1) is 11.0. The summed E-state index contributed by atoms with van der Waals surface area (Å²) in [7, 11) is 0. The number of para-hydroxylation sites is 2. The van der Waals surface area contributed by atoms with Crippen LogP contribution < -0.4 is 5.56 Å². The number of nitrogens with one attached hydrogen (secondary N) is 1. The summed E-state index contributed by atoms with van der Waals surface area (Å²) in [6, 6.07) is 12.7. The number of aromatic nitrogens is 3. The van der Waals surface area contributed by atoms with Gasteiger partial charge in [0.05, 0.1) is 11.0 Å². The van der Waals surface area contributed by atoms with E-state index in [0.29, 0.717) is 0 Å². The Labute approximate surface area is 98.0 Å². The molecule has 84 valence electrons. The van der Waals surface area contributed by atoms with Crippen molar-refractivity contribution in [2.45, 2.75) is 0 Å². The molecular weight excluding hydrogens is 214 g/mol. The molecular formula is C13H11N3O. The first-order chi connectivity index (χ1) is 8.36. The average Bonchev–Trinajstić information content (AvgIpc) is 2.41. The van der Waals surface area contributed by atoms with E-state index < -0.39 is 0 Å². The molecule has 0 aliphatic rings. The van der Waals surface area contributed by atoms with Gasteiger partial charge in [-0.2, -0.15) is 0 Å². The van der Waals surface area contributed by atoms with Crippen LogP contribution in [0.4, 0.5) is 0 Å². The molecule has 0 aliphatic heterocycles. The number of pyridine rings is 1. The van der Waals surface area contributed by atoms with E-state index in [2.05, 4.69) is 15.0 Å². The van der Waals surface area contributed by atoms with Crippen molar-refractivity contribution in [3.63, 3.8) is 0 Å². The zero-order valence-electron chi connectivity index (χ0n) is 9.08. The minimum Gasteiger partial charge on any atom is -0.329 e. The number of hydrogen-bond acceptors (Lipinski definition) is 3. The Hall–Kier alpha value is -2.49. The van der Waals surface area contributed by atoms with Gasteiger partial charge >= 0.3 is 0 Å². The van der Waals surface area contributed by atoms with Gasteiger partial charge in [0.2, 0.25) is 5.56 Å². The number of benzene rings is 1. The van der Waals surface area contributed by atoms with Gasteiger partial charge in [0.1, 0.15) is 0 Å². The molecule has 2 aromatic heterocycles. The van der Waals surface area contributed by atoms with E-state index in [-0.39, 0.29) is 5.56 Å². The van der Waals surface area contributed by atoms with Gasteiger partial charge in [-0.3, -0.25) is 14.8 Å². The molecule has 1 aromatic carbocycles. The van der Waals surface area contributed by atoms with Crippen LogP contribution in [-0.2, 0) is 0 Å². The lowest BCUT2D eigenvalue weighted by Gasteiger charge is -1.90. The second kappa shape index (κ2) is 5.55. The van der Waals surface area contributed by atoms with Crippen LogP contribution in [0.2, 0.25) is 0 Å². The Kier molecular flexibility index (Phi) is 3.60. The zero-order valence-corrected chi connectivity index (χ0v) is 9.08. The number of aromatic amines is 1. The third-order valence-corrected chi connectivity index (χ3v) is 2.06. The summed E-state index contributed by atoms with van der Waals surface area (Å²) < 4.78 is 0. The normalized spacial score (nSPS) is 9.41. The fraction of sp³-hybridized carbons (Fsp3) is 0. The summed E-state index contributed by atoms with van der Waals surface area (Å²) in [5.74, 6) is 0. The van der Waals surface area contributed by atoms with Crippen molar-refractivity contribution in [1.82, 2.24) is 15.0 Å². The molecule has 0 aliphatic carbocycles. The van der Waals surface area contributed by atoms with Gasteiger partial charge in [-0.05, 0) is 18.2 Å².